The van der Waals surface area contributed by atoms with Gasteiger partial charge >= 0.3 is 6.18 Å². The van der Waals surface area contributed by atoms with Crippen LogP contribution in [-0.4, -0.2) is 36.1 Å². The fourth-order valence-corrected chi connectivity index (χ4v) is 3.50. The van der Waals surface area contributed by atoms with Gasteiger partial charge < -0.3 is 16.0 Å². The maximum absolute atomic E-state index is 13.5. The van der Waals surface area contributed by atoms with Gasteiger partial charge in [0.25, 0.3) is 0 Å². The van der Waals surface area contributed by atoms with Crippen LogP contribution in [0.3, 0.4) is 0 Å². The Kier molecular flexibility index (Phi) is 5.10. The van der Waals surface area contributed by atoms with E-state index in [1.807, 2.05) is 24.3 Å². The van der Waals surface area contributed by atoms with Crippen molar-refractivity contribution in [3.63, 3.8) is 0 Å². The van der Waals surface area contributed by atoms with Crippen LogP contribution < -0.4 is 16.0 Å². The van der Waals surface area contributed by atoms with Crippen LogP contribution in [0.5, 0.6) is 0 Å². The summed E-state index contributed by atoms with van der Waals surface area (Å²) in [6, 6.07) is 13.8. The first-order valence-corrected chi connectivity index (χ1v) is 9.29. The number of pyridine rings is 2. The fraction of sp³-hybridized carbons (Fsp3) is 0.238. The molecule has 4 rings (SSSR count). The van der Waals surface area contributed by atoms with Crippen molar-refractivity contribution in [2.45, 2.75) is 6.18 Å². The maximum Gasteiger partial charge on any atom is 0.417 e. The molecule has 0 radical (unpaired) electrons. The van der Waals surface area contributed by atoms with E-state index in [0.29, 0.717) is 5.69 Å². The van der Waals surface area contributed by atoms with Crippen molar-refractivity contribution >= 4 is 11.5 Å². The van der Waals surface area contributed by atoms with Crippen LogP contribution in [0.1, 0.15) is 5.56 Å². The van der Waals surface area contributed by atoms with Gasteiger partial charge in [-0.2, -0.15) is 13.2 Å². The predicted molar refractivity (Wildman–Crippen MR) is 107 cm³/mol. The highest BCUT2D eigenvalue weighted by molar-refractivity contribution is 5.77. The third-order valence-electron chi connectivity index (χ3n) is 4.91. The molecule has 2 aromatic heterocycles. The van der Waals surface area contributed by atoms with E-state index in [4.69, 9.17) is 5.73 Å². The van der Waals surface area contributed by atoms with Crippen LogP contribution in [0, 0.1) is 0 Å². The number of aromatic nitrogens is 2. The monoisotopic (exact) mass is 399 g/mol. The first-order chi connectivity index (χ1) is 13.9. The maximum atomic E-state index is 13.5. The second-order valence-electron chi connectivity index (χ2n) is 6.81. The van der Waals surface area contributed by atoms with Gasteiger partial charge in [-0.3, -0.25) is 0 Å². The molecule has 0 amide bonds. The minimum absolute atomic E-state index is 0.146. The van der Waals surface area contributed by atoms with Gasteiger partial charge in [-0.05, 0) is 30.3 Å². The average molecular weight is 399 g/mol. The average Bonchev–Trinajstić information content (AvgIpc) is 2.74. The summed E-state index contributed by atoms with van der Waals surface area (Å²) in [5.74, 6) is -0.195. The zero-order chi connectivity index (χ0) is 20.4. The Morgan fingerprint density at radius 2 is 1.69 bits per heavy atom. The zero-order valence-corrected chi connectivity index (χ0v) is 15.6. The quantitative estimate of drug-likeness (QED) is 0.701. The molecule has 1 fully saturated rings. The molecule has 0 atom stereocenters. The van der Waals surface area contributed by atoms with Gasteiger partial charge in [0.15, 0.2) is 0 Å². The largest absolute Gasteiger partial charge is 0.417 e. The second-order valence-corrected chi connectivity index (χ2v) is 6.81. The number of piperazine rings is 1. The van der Waals surface area contributed by atoms with Gasteiger partial charge in [-0.25, -0.2) is 9.97 Å². The number of nitrogens with zero attached hydrogens (tertiary/aromatic N) is 3. The molecule has 3 heterocycles. The highest BCUT2D eigenvalue weighted by Crippen LogP contribution is 2.39. The van der Waals surface area contributed by atoms with Gasteiger partial charge in [-0.15, -0.1) is 0 Å². The number of hydrogen-bond acceptors (Lipinski definition) is 5. The van der Waals surface area contributed by atoms with Crippen molar-refractivity contribution in [3.8, 4) is 22.5 Å². The number of halogens is 3. The van der Waals surface area contributed by atoms with E-state index < -0.39 is 11.7 Å². The third kappa shape index (κ3) is 4.02. The molecule has 1 saturated heterocycles. The molecular formula is C21H20F3N5. The van der Waals surface area contributed by atoms with E-state index in [2.05, 4.69) is 20.2 Å². The first kappa shape index (κ1) is 19.2. The molecule has 3 aromatic rings. The standard InChI is InChI=1S/C21H20F3N5/c22-21(23,24)16-7-8-27-20(25)19(16)18-6-2-5-17(28-18)14-3-1-4-15(13-14)29-11-9-26-10-12-29/h1-8,13,26H,9-12H2,(H2,25,27). The van der Waals surface area contributed by atoms with Crippen molar-refractivity contribution in [1.29, 1.82) is 0 Å². The molecule has 0 aliphatic carbocycles. The van der Waals surface area contributed by atoms with Crippen molar-refractivity contribution in [1.82, 2.24) is 15.3 Å². The number of rotatable bonds is 3. The third-order valence-corrected chi connectivity index (χ3v) is 4.91. The van der Waals surface area contributed by atoms with Crippen molar-refractivity contribution in [3.05, 3.63) is 60.3 Å². The fourth-order valence-electron chi connectivity index (χ4n) is 3.50. The number of benzene rings is 1. The van der Waals surface area contributed by atoms with Gasteiger partial charge in [-0.1, -0.05) is 18.2 Å². The van der Waals surface area contributed by atoms with Crippen LogP contribution in [-0.2, 0) is 6.18 Å². The lowest BCUT2D eigenvalue weighted by Crippen LogP contribution is -2.43. The highest BCUT2D eigenvalue weighted by Gasteiger charge is 2.35. The Bertz CT molecular complexity index is 1010. The lowest BCUT2D eigenvalue weighted by molar-refractivity contribution is -0.137. The molecule has 3 N–H and O–H groups in total. The topological polar surface area (TPSA) is 67.1 Å². The molecule has 8 heteroatoms. The van der Waals surface area contributed by atoms with E-state index in [0.717, 1.165) is 49.7 Å². The van der Waals surface area contributed by atoms with Crippen molar-refractivity contribution < 1.29 is 13.2 Å². The number of alkyl halides is 3. The molecule has 0 spiro atoms. The Morgan fingerprint density at radius 3 is 2.45 bits per heavy atom. The minimum atomic E-state index is -4.55. The molecule has 0 bridgehead atoms. The number of nitrogen functional groups attached to an aromatic ring is 1. The van der Waals surface area contributed by atoms with Crippen molar-refractivity contribution in [2.75, 3.05) is 36.8 Å². The second kappa shape index (κ2) is 7.71. The SMILES string of the molecule is Nc1nccc(C(F)(F)F)c1-c1cccc(-c2cccc(N3CCNCC3)c2)n1. The summed E-state index contributed by atoms with van der Waals surface area (Å²) in [6.45, 7) is 3.63. The highest BCUT2D eigenvalue weighted by atomic mass is 19.4. The number of nitrogens with one attached hydrogen (secondary N) is 1. The molecule has 1 aliphatic rings. The summed E-state index contributed by atoms with van der Waals surface area (Å²) in [4.78, 5) is 10.6. The molecule has 5 nitrogen and oxygen atoms in total. The summed E-state index contributed by atoms with van der Waals surface area (Å²) < 4.78 is 40.4. The summed E-state index contributed by atoms with van der Waals surface area (Å²) in [6.07, 6.45) is -3.49. The predicted octanol–water partition coefficient (Wildman–Crippen LogP) is 3.82. The van der Waals surface area contributed by atoms with Crippen molar-refractivity contribution in [2.24, 2.45) is 0 Å². The van der Waals surface area contributed by atoms with Crippen LogP contribution >= 0.6 is 0 Å². The van der Waals surface area contributed by atoms with Crippen LogP contribution in [0.25, 0.3) is 22.5 Å². The number of nitrogens with two attached hydrogens (primary N) is 1. The lowest BCUT2D eigenvalue weighted by Gasteiger charge is -2.29. The van der Waals surface area contributed by atoms with E-state index >= 15 is 0 Å². The van der Waals surface area contributed by atoms with E-state index in [1.165, 1.54) is 6.07 Å². The normalized spacial score (nSPS) is 14.8. The molecule has 29 heavy (non-hydrogen) atoms. The molecule has 1 aromatic carbocycles. The molecule has 0 unspecified atom stereocenters. The summed E-state index contributed by atoms with van der Waals surface area (Å²) in [5.41, 5.74) is 7.38. The lowest BCUT2D eigenvalue weighted by atomic mass is 10.0. The summed E-state index contributed by atoms with van der Waals surface area (Å²) >= 11 is 0. The molecule has 0 saturated carbocycles. The van der Waals surface area contributed by atoms with Crippen LogP contribution in [0.2, 0.25) is 0 Å². The summed E-state index contributed by atoms with van der Waals surface area (Å²) in [7, 11) is 0. The number of anilines is 2. The minimum Gasteiger partial charge on any atom is -0.383 e. The van der Waals surface area contributed by atoms with Gasteiger partial charge in [0, 0.05) is 43.6 Å². The van der Waals surface area contributed by atoms with E-state index in [-0.39, 0.29) is 17.1 Å². The van der Waals surface area contributed by atoms with Gasteiger partial charge in [0.2, 0.25) is 0 Å². The smallest absolute Gasteiger partial charge is 0.383 e. The van der Waals surface area contributed by atoms with Crippen LogP contribution in [0.4, 0.5) is 24.7 Å². The van der Waals surface area contributed by atoms with Crippen LogP contribution in [0.15, 0.2) is 54.7 Å². The Balaban J connectivity index is 1.75. The summed E-state index contributed by atoms with van der Waals surface area (Å²) in [5, 5.41) is 3.32. The van der Waals surface area contributed by atoms with Gasteiger partial charge in [0.1, 0.15) is 5.82 Å². The molecule has 1 aliphatic heterocycles. The number of hydrogen-bond donors (Lipinski definition) is 2. The van der Waals surface area contributed by atoms with E-state index in [9.17, 15) is 13.2 Å². The first-order valence-electron chi connectivity index (χ1n) is 9.29. The zero-order valence-electron chi connectivity index (χ0n) is 15.6. The molecular weight excluding hydrogens is 379 g/mol. The van der Waals surface area contributed by atoms with E-state index in [1.54, 1.807) is 12.1 Å². The van der Waals surface area contributed by atoms with Gasteiger partial charge in [0.05, 0.1) is 22.5 Å². The Morgan fingerprint density at radius 1 is 0.966 bits per heavy atom. The Hall–Kier alpha value is -3.13. The Labute approximate surface area is 166 Å². The molecule has 150 valence electrons.